The average Bonchev–Trinajstić information content (AvgIpc) is 3.20. The number of carboxylic acids is 1. The van der Waals surface area contributed by atoms with Crippen molar-refractivity contribution >= 4 is 17.7 Å². The molecule has 8 heteroatoms. The Hall–Kier alpha value is -2.64. The number of nitrogens with zero attached hydrogens (tertiary/aromatic N) is 2. The Balaban J connectivity index is 1.47. The molecule has 1 atom stereocenters. The first kappa shape index (κ1) is 20.1. The zero-order valence-electron chi connectivity index (χ0n) is 16.5. The van der Waals surface area contributed by atoms with Gasteiger partial charge in [-0.25, -0.2) is 4.79 Å². The molecule has 1 unspecified atom stereocenters. The summed E-state index contributed by atoms with van der Waals surface area (Å²) in [5, 5.41) is 12.1. The molecule has 0 aliphatic carbocycles. The predicted octanol–water partition coefficient (Wildman–Crippen LogP) is 2.04. The monoisotopic (exact) mass is 391 g/mol. The van der Waals surface area contributed by atoms with Gasteiger partial charge in [0.25, 0.3) is 0 Å². The molecule has 8 nitrogen and oxygen atoms in total. The van der Waals surface area contributed by atoms with Crippen LogP contribution in [0.5, 0.6) is 11.5 Å². The van der Waals surface area contributed by atoms with E-state index in [1.54, 1.807) is 19.1 Å². The minimum absolute atomic E-state index is 0.0923. The summed E-state index contributed by atoms with van der Waals surface area (Å²) in [4.78, 5) is 27.4. The summed E-state index contributed by atoms with van der Waals surface area (Å²) in [5.74, 6) is 0.803. The van der Waals surface area contributed by atoms with Crippen LogP contribution in [0, 0.1) is 11.8 Å². The number of nitrogens with one attached hydrogen (secondary N) is 1. The Labute approximate surface area is 165 Å². The molecule has 0 bridgehead atoms. The number of anilines is 1. The highest BCUT2D eigenvalue weighted by molar-refractivity contribution is 5.75. The summed E-state index contributed by atoms with van der Waals surface area (Å²) in [6, 6.07) is 5.75. The second kappa shape index (κ2) is 9.03. The van der Waals surface area contributed by atoms with Gasteiger partial charge in [-0.15, -0.1) is 0 Å². The van der Waals surface area contributed by atoms with E-state index in [4.69, 9.17) is 14.6 Å². The van der Waals surface area contributed by atoms with Crippen LogP contribution < -0.4 is 19.7 Å². The maximum atomic E-state index is 12.4. The number of ether oxygens (including phenoxy) is 2. The largest absolute Gasteiger partial charge is 0.497 e. The maximum Gasteiger partial charge on any atom is 0.317 e. The summed E-state index contributed by atoms with van der Waals surface area (Å²) in [5.41, 5.74) is 1.06. The zero-order chi connectivity index (χ0) is 20.1. The van der Waals surface area contributed by atoms with E-state index in [1.807, 2.05) is 18.2 Å². The molecule has 0 spiro atoms. The number of carboxylic acid groups (broad SMARTS) is 1. The Morgan fingerprint density at radius 2 is 1.71 bits per heavy atom. The molecule has 154 valence electrons. The number of hydrogen-bond donors (Lipinski definition) is 2. The molecule has 28 heavy (non-hydrogen) atoms. The van der Waals surface area contributed by atoms with Gasteiger partial charge >= 0.3 is 12.0 Å². The molecule has 2 N–H and O–H groups in total. The molecule has 0 aromatic heterocycles. The second-order valence-electron chi connectivity index (χ2n) is 7.46. The van der Waals surface area contributed by atoms with E-state index in [0.29, 0.717) is 38.4 Å². The molecular weight excluding hydrogens is 362 g/mol. The molecule has 0 radical (unpaired) electrons. The lowest BCUT2D eigenvalue weighted by atomic mass is 9.97. The Kier molecular flexibility index (Phi) is 6.49. The van der Waals surface area contributed by atoms with Crippen molar-refractivity contribution in [2.24, 2.45) is 11.8 Å². The number of urea groups is 1. The number of piperidine rings is 1. The van der Waals surface area contributed by atoms with Crippen molar-refractivity contribution in [3.63, 3.8) is 0 Å². The number of rotatable bonds is 6. The van der Waals surface area contributed by atoms with Crippen LogP contribution in [0.15, 0.2) is 18.2 Å². The van der Waals surface area contributed by atoms with E-state index in [0.717, 1.165) is 36.7 Å². The molecule has 2 fully saturated rings. The lowest BCUT2D eigenvalue weighted by Gasteiger charge is -2.30. The average molecular weight is 391 g/mol. The third kappa shape index (κ3) is 4.79. The van der Waals surface area contributed by atoms with Gasteiger partial charge in [0.05, 0.1) is 20.1 Å². The van der Waals surface area contributed by atoms with Gasteiger partial charge in [-0.05, 0) is 25.2 Å². The highest BCUT2D eigenvalue weighted by atomic mass is 16.5. The van der Waals surface area contributed by atoms with Gasteiger partial charge in [-0.2, -0.15) is 0 Å². The van der Waals surface area contributed by atoms with Crippen LogP contribution in [0.2, 0.25) is 0 Å². The van der Waals surface area contributed by atoms with E-state index in [-0.39, 0.29) is 11.9 Å². The minimum Gasteiger partial charge on any atom is -0.497 e. The van der Waals surface area contributed by atoms with Crippen LogP contribution in [-0.4, -0.2) is 69.0 Å². The summed E-state index contributed by atoms with van der Waals surface area (Å²) < 4.78 is 10.7. The quantitative estimate of drug-likeness (QED) is 0.771. The molecule has 2 aliphatic rings. The number of aliphatic carboxylic acids is 1. The summed E-state index contributed by atoms with van der Waals surface area (Å²) in [6.07, 6.45) is 2.05. The molecule has 2 aliphatic heterocycles. The summed E-state index contributed by atoms with van der Waals surface area (Å²) in [7, 11) is 3.28. The highest BCUT2D eigenvalue weighted by Gasteiger charge is 2.28. The highest BCUT2D eigenvalue weighted by Crippen LogP contribution is 2.31. The van der Waals surface area contributed by atoms with Crippen LogP contribution in [-0.2, 0) is 4.79 Å². The van der Waals surface area contributed by atoms with Crippen LogP contribution in [0.25, 0.3) is 0 Å². The van der Waals surface area contributed by atoms with Crippen molar-refractivity contribution in [3.05, 3.63) is 18.2 Å². The van der Waals surface area contributed by atoms with Gasteiger partial charge in [0.2, 0.25) is 0 Å². The number of carbonyl (C=O) groups is 2. The van der Waals surface area contributed by atoms with Crippen LogP contribution >= 0.6 is 0 Å². The predicted molar refractivity (Wildman–Crippen MR) is 105 cm³/mol. The number of likely N-dealkylation sites (tertiary alicyclic amines) is 1. The van der Waals surface area contributed by atoms with Crippen molar-refractivity contribution in [2.45, 2.75) is 19.3 Å². The first-order chi connectivity index (χ1) is 13.5. The number of hydrogen-bond acceptors (Lipinski definition) is 5. The second-order valence-corrected chi connectivity index (χ2v) is 7.46. The summed E-state index contributed by atoms with van der Waals surface area (Å²) >= 11 is 0. The number of methoxy groups -OCH3 is 2. The molecule has 2 heterocycles. The maximum absolute atomic E-state index is 12.4. The molecule has 1 aromatic carbocycles. The fourth-order valence-electron chi connectivity index (χ4n) is 3.88. The Morgan fingerprint density at radius 3 is 2.29 bits per heavy atom. The van der Waals surface area contributed by atoms with Crippen LogP contribution in [0.3, 0.4) is 0 Å². The van der Waals surface area contributed by atoms with Gasteiger partial charge in [-0.1, -0.05) is 0 Å². The van der Waals surface area contributed by atoms with E-state index in [9.17, 15) is 9.59 Å². The van der Waals surface area contributed by atoms with Crippen molar-refractivity contribution in [1.82, 2.24) is 10.2 Å². The van der Waals surface area contributed by atoms with Crippen LogP contribution in [0.1, 0.15) is 19.3 Å². The zero-order valence-corrected chi connectivity index (χ0v) is 16.5. The van der Waals surface area contributed by atoms with Gasteiger partial charge in [0, 0.05) is 56.6 Å². The first-order valence-corrected chi connectivity index (χ1v) is 9.73. The molecule has 3 rings (SSSR count). The molecule has 0 saturated carbocycles. The number of carbonyl (C=O) groups excluding carboxylic acids is 1. The topological polar surface area (TPSA) is 91.3 Å². The minimum atomic E-state index is -0.764. The third-order valence-electron chi connectivity index (χ3n) is 5.66. The third-order valence-corrected chi connectivity index (χ3v) is 5.66. The van der Waals surface area contributed by atoms with Crippen molar-refractivity contribution < 1.29 is 24.2 Å². The van der Waals surface area contributed by atoms with Gasteiger partial charge in [0.1, 0.15) is 11.5 Å². The number of amides is 2. The SMILES string of the molecule is COc1cc(OC)cc(N2CCC(CNC(=O)N3CCC(C(=O)O)CC3)C2)c1. The van der Waals surface area contributed by atoms with Gasteiger partial charge < -0.3 is 29.7 Å². The van der Waals surface area contributed by atoms with Gasteiger partial charge in [-0.3, -0.25) is 4.79 Å². The normalized spacial score (nSPS) is 20.1. The van der Waals surface area contributed by atoms with E-state index in [1.165, 1.54) is 0 Å². The Morgan fingerprint density at radius 1 is 1.07 bits per heavy atom. The fourth-order valence-corrected chi connectivity index (χ4v) is 3.88. The van der Waals surface area contributed by atoms with E-state index < -0.39 is 5.97 Å². The van der Waals surface area contributed by atoms with Crippen molar-refractivity contribution in [1.29, 1.82) is 0 Å². The fraction of sp³-hybridized carbons (Fsp3) is 0.600. The first-order valence-electron chi connectivity index (χ1n) is 9.73. The molecule has 1 aromatic rings. The van der Waals surface area contributed by atoms with Crippen molar-refractivity contribution in [3.8, 4) is 11.5 Å². The molecule has 2 amide bonds. The van der Waals surface area contributed by atoms with Crippen molar-refractivity contribution in [2.75, 3.05) is 51.8 Å². The molecular formula is C20H29N3O5. The smallest absolute Gasteiger partial charge is 0.317 e. The van der Waals surface area contributed by atoms with Crippen LogP contribution in [0.4, 0.5) is 10.5 Å². The lowest BCUT2D eigenvalue weighted by Crippen LogP contribution is -2.46. The summed E-state index contributed by atoms with van der Waals surface area (Å²) in [6.45, 7) is 3.40. The standard InChI is InChI=1S/C20H29N3O5/c1-27-17-9-16(10-18(11-17)28-2)23-6-3-14(13-23)12-21-20(26)22-7-4-15(5-8-22)19(24)25/h9-11,14-15H,3-8,12-13H2,1-2H3,(H,21,26)(H,24,25). The lowest BCUT2D eigenvalue weighted by molar-refractivity contribution is -0.143. The van der Waals surface area contributed by atoms with E-state index >= 15 is 0 Å². The van der Waals surface area contributed by atoms with E-state index in [2.05, 4.69) is 10.2 Å². The number of benzene rings is 1. The molecule has 2 saturated heterocycles. The Bertz CT molecular complexity index is 681. The van der Waals surface area contributed by atoms with Gasteiger partial charge in [0.15, 0.2) is 0 Å².